The minimum Gasteiger partial charge on any atom is -0.379 e. The van der Waals surface area contributed by atoms with Gasteiger partial charge in [-0.1, -0.05) is 36.4 Å². The molecule has 7 nitrogen and oxygen atoms in total. The van der Waals surface area contributed by atoms with E-state index >= 15 is 0 Å². The summed E-state index contributed by atoms with van der Waals surface area (Å²) in [5, 5.41) is 5.16. The first-order valence-corrected chi connectivity index (χ1v) is 10.9. The van der Waals surface area contributed by atoms with Gasteiger partial charge < -0.3 is 15.0 Å². The highest BCUT2D eigenvalue weighted by Gasteiger charge is 2.28. The predicted octanol–water partition coefficient (Wildman–Crippen LogP) is 2.68. The molecule has 1 aliphatic rings. The maximum Gasteiger partial charge on any atom is 0.268 e. The van der Waals surface area contributed by atoms with Gasteiger partial charge in [0.05, 0.1) is 19.3 Å². The lowest BCUT2D eigenvalue weighted by Gasteiger charge is -2.25. The van der Waals surface area contributed by atoms with Gasteiger partial charge in [0.1, 0.15) is 10.6 Å². The second kappa shape index (κ2) is 7.98. The number of carbonyl (C=O) groups is 1. The van der Waals surface area contributed by atoms with E-state index in [1.165, 1.54) is 16.6 Å². The fourth-order valence-corrected chi connectivity index (χ4v) is 4.83. The molecule has 29 heavy (non-hydrogen) atoms. The highest BCUT2D eigenvalue weighted by Crippen LogP contribution is 2.22. The highest BCUT2D eigenvalue weighted by atomic mass is 32.2. The third-order valence-electron chi connectivity index (χ3n) is 5.13. The summed E-state index contributed by atoms with van der Waals surface area (Å²) >= 11 is 0. The Hall–Kier alpha value is -2.68. The van der Waals surface area contributed by atoms with Gasteiger partial charge in [-0.25, -0.2) is 8.42 Å². The van der Waals surface area contributed by atoms with Gasteiger partial charge in [-0.05, 0) is 35.4 Å². The van der Waals surface area contributed by atoms with Crippen LogP contribution >= 0.6 is 0 Å². The van der Waals surface area contributed by atoms with Gasteiger partial charge in [-0.3, -0.25) is 4.79 Å². The molecule has 1 atom stereocenters. The molecule has 3 aromatic rings. The number of hydrogen-bond acceptors (Lipinski definition) is 4. The van der Waals surface area contributed by atoms with Crippen LogP contribution < -0.4 is 5.32 Å². The number of benzene rings is 2. The number of nitrogens with one attached hydrogen (secondary N) is 2. The van der Waals surface area contributed by atoms with Gasteiger partial charge >= 0.3 is 0 Å². The minimum atomic E-state index is -3.64. The summed E-state index contributed by atoms with van der Waals surface area (Å²) in [6.07, 6.45) is 1.36. The molecule has 0 aliphatic carbocycles. The number of aromatic nitrogens is 1. The number of sulfonamides is 1. The van der Waals surface area contributed by atoms with Gasteiger partial charge in [-0.2, -0.15) is 4.31 Å². The first-order valence-electron chi connectivity index (χ1n) is 9.51. The van der Waals surface area contributed by atoms with E-state index in [1.54, 1.807) is 0 Å². The fourth-order valence-electron chi connectivity index (χ4n) is 3.43. The summed E-state index contributed by atoms with van der Waals surface area (Å²) in [6, 6.07) is 15.2. The summed E-state index contributed by atoms with van der Waals surface area (Å²) in [5.74, 6) is -0.353. The van der Waals surface area contributed by atoms with Crippen molar-refractivity contribution in [3.63, 3.8) is 0 Å². The number of nitrogens with zero attached hydrogens (tertiary/aromatic N) is 1. The second-order valence-electron chi connectivity index (χ2n) is 7.07. The topological polar surface area (TPSA) is 91.5 Å². The van der Waals surface area contributed by atoms with Crippen LogP contribution in [-0.2, 0) is 14.8 Å². The van der Waals surface area contributed by atoms with E-state index in [2.05, 4.69) is 10.3 Å². The number of fused-ring (bicyclic) bond motifs is 1. The van der Waals surface area contributed by atoms with Crippen LogP contribution in [-0.4, -0.2) is 49.9 Å². The summed E-state index contributed by atoms with van der Waals surface area (Å²) in [4.78, 5) is 15.5. The van der Waals surface area contributed by atoms with Crippen LogP contribution in [0.1, 0.15) is 29.0 Å². The van der Waals surface area contributed by atoms with Crippen molar-refractivity contribution in [1.82, 2.24) is 14.6 Å². The molecule has 0 saturated carbocycles. The third-order valence-corrected chi connectivity index (χ3v) is 7.01. The van der Waals surface area contributed by atoms with E-state index in [4.69, 9.17) is 4.74 Å². The monoisotopic (exact) mass is 413 g/mol. The molecule has 1 aromatic heterocycles. The molecular weight excluding hydrogens is 390 g/mol. The molecule has 1 aliphatic heterocycles. The molecule has 1 amide bonds. The molecule has 8 heteroatoms. The maximum absolute atomic E-state index is 12.7. The van der Waals surface area contributed by atoms with Crippen molar-refractivity contribution in [1.29, 1.82) is 0 Å². The van der Waals surface area contributed by atoms with Gasteiger partial charge in [0.2, 0.25) is 10.0 Å². The van der Waals surface area contributed by atoms with Gasteiger partial charge in [0.15, 0.2) is 0 Å². The number of hydrogen-bond donors (Lipinski definition) is 2. The number of amides is 1. The Balaban J connectivity index is 1.48. The van der Waals surface area contributed by atoms with Gasteiger partial charge in [-0.15, -0.1) is 0 Å². The molecule has 0 radical (unpaired) electrons. The average molecular weight is 413 g/mol. The highest BCUT2D eigenvalue weighted by molar-refractivity contribution is 7.89. The Morgan fingerprint density at radius 2 is 1.83 bits per heavy atom. The zero-order chi connectivity index (χ0) is 20.4. The zero-order valence-corrected chi connectivity index (χ0v) is 16.9. The second-order valence-corrected chi connectivity index (χ2v) is 9.01. The van der Waals surface area contributed by atoms with E-state index in [-0.39, 0.29) is 22.5 Å². The Morgan fingerprint density at radius 1 is 1.10 bits per heavy atom. The van der Waals surface area contributed by atoms with Crippen LogP contribution in [0.2, 0.25) is 0 Å². The Kier molecular flexibility index (Phi) is 5.40. The number of carbonyl (C=O) groups excluding carboxylic acids is 1. The smallest absolute Gasteiger partial charge is 0.268 e. The summed E-state index contributed by atoms with van der Waals surface area (Å²) in [6.45, 7) is 3.28. The normalized spacial score (nSPS) is 16.6. The lowest BCUT2D eigenvalue weighted by molar-refractivity contribution is 0.0730. The summed E-state index contributed by atoms with van der Waals surface area (Å²) in [7, 11) is -3.64. The first-order chi connectivity index (χ1) is 13.9. The SMILES string of the molecule is CC(NC(=O)c1cc(S(=O)(=O)N2CCOCC2)c[nH]1)c1ccc2ccccc2c1. The fraction of sp³-hybridized carbons (Fsp3) is 0.286. The Labute approximate surface area is 169 Å². The molecule has 1 unspecified atom stereocenters. The number of aromatic amines is 1. The average Bonchev–Trinajstić information content (AvgIpc) is 3.25. The van der Waals surface area contributed by atoms with Crippen molar-refractivity contribution < 1.29 is 17.9 Å². The van der Waals surface area contributed by atoms with E-state index in [0.717, 1.165) is 16.3 Å². The van der Waals surface area contributed by atoms with Crippen molar-refractivity contribution in [2.75, 3.05) is 26.3 Å². The van der Waals surface area contributed by atoms with Gasteiger partial charge in [0.25, 0.3) is 5.91 Å². The van der Waals surface area contributed by atoms with Crippen molar-refractivity contribution in [2.24, 2.45) is 0 Å². The van der Waals surface area contributed by atoms with Crippen LogP contribution in [0.5, 0.6) is 0 Å². The van der Waals surface area contributed by atoms with E-state index in [9.17, 15) is 13.2 Å². The standard InChI is InChI=1S/C21H23N3O4S/c1-15(17-7-6-16-4-2-3-5-18(16)12-17)23-21(25)20-13-19(14-22-20)29(26,27)24-8-10-28-11-9-24/h2-7,12-15,22H,8-11H2,1H3,(H,23,25). The molecule has 2 aromatic carbocycles. The van der Waals surface area contributed by atoms with Crippen LogP contribution in [0.3, 0.4) is 0 Å². The number of H-pyrrole nitrogens is 1. The molecule has 152 valence electrons. The van der Waals surface area contributed by atoms with Crippen molar-refractivity contribution in [3.05, 3.63) is 66.0 Å². The molecule has 0 spiro atoms. The molecule has 1 saturated heterocycles. The third kappa shape index (κ3) is 4.05. The molecule has 2 N–H and O–H groups in total. The minimum absolute atomic E-state index is 0.0860. The van der Waals surface area contributed by atoms with E-state index in [0.29, 0.717) is 26.3 Å². The molecule has 4 rings (SSSR count). The molecule has 2 heterocycles. The molecule has 1 fully saturated rings. The molecular formula is C21H23N3O4S. The first kappa shape index (κ1) is 19.6. The van der Waals surface area contributed by atoms with Crippen LogP contribution in [0.25, 0.3) is 10.8 Å². The van der Waals surface area contributed by atoms with Crippen LogP contribution in [0.15, 0.2) is 59.6 Å². The summed E-state index contributed by atoms with van der Waals surface area (Å²) in [5.41, 5.74) is 1.19. The van der Waals surface area contributed by atoms with Gasteiger partial charge in [0, 0.05) is 19.3 Å². The lowest BCUT2D eigenvalue weighted by Crippen LogP contribution is -2.40. The summed E-state index contributed by atoms with van der Waals surface area (Å²) < 4.78 is 32.0. The van der Waals surface area contributed by atoms with Crippen LogP contribution in [0, 0.1) is 0 Å². The number of rotatable bonds is 5. The molecule has 0 bridgehead atoms. The number of ether oxygens (including phenoxy) is 1. The number of morpholine rings is 1. The van der Waals surface area contributed by atoms with Crippen LogP contribution in [0.4, 0.5) is 0 Å². The predicted molar refractivity (Wildman–Crippen MR) is 110 cm³/mol. The van der Waals surface area contributed by atoms with Crippen molar-refractivity contribution in [3.8, 4) is 0 Å². The lowest BCUT2D eigenvalue weighted by atomic mass is 10.0. The quantitative estimate of drug-likeness (QED) is 0.673. The van der Waals surface area contributed by atoms with E-state index < -0.39 is 10.0 Å². The Bertz CT molecular complexity index is 1130. The van der Waals surface area contributed by atoms with E-state index in [1.807, 2.05) is 49.4 Å². The maximum atomic E-state index is 12.7. The largest absolute Gasteiger partial charge is 0.379 e. The van der Waals surface area contributed by atoms with Crippen molar-refractivity contribution in [2.45, 2.75) is 17.9 Å². The zero-order valence-electron chi connectivity index (χ0n) is 16.1. The Morgan fingerprint density at radius 3 is 2.59 bits per heavy atom. The van der Waals surface area contributed by atoms with Crippen molar-refractivity contribution >= 4 is 26.7 Å².